The van der Waals surface area contributed by atoms with Gasteiger partial charge in [-0.2, -0.15) is 0 Å². The summed E-state index contributed by atoms with van der Waals surface area (Å²) in [6, 6.07) is 16.0. The van der Waals surface area contributed by atoms with E-state index in [9.17, 15) is 14.4 Å². The van der Waals surface area contributed by atoms with E-state index in [1.807, 2.05) is 30.3 Å². The first kappa shape index (κ1) is 21.9. The molecular formula is C22H26N2O5. The van der Waals surface area contributed by atoms with Crippen molar-refractivity contribution >= 4 is 23.7 Å². The molecule has 0 aromatic heterocycles. The third-order valence-electron chi connectivity index (χ3n) is 3.66. The largest absolute Gasteiger partial charge is 0.452 e. The summed E-state index contributed by atoms with van der Waals surface area (Å²) in [5, 5.41) is 5.26. The summed E-state index contributed by atoms with van der Waals surface area (Å²) in [7, 11) is 0. The smallest absolute Gasteiger partial charge is 0.412 e. The molecule has 0 unspecified atom stereocenters. The first-order valence-electron chi connectivity index (χ1n) is 9.31. The monoisotopic (exact) mass is 398 g/mol. The number of hydrogen-bond donors (Lipinski definition) is 2. The van der Waals surface area contributed by atoms with Crippen molar-refractivity contribution in [1.82, 2.24) is 5.32 Å². The highest BCUT2D eigenvalue weighted by atomic mass is 16.6. The second-order valence-electron chi connectivity index (χ2n) is 7.37. The standard InChI is InChI=1S/C22H26N2O5/c1-22(2,3)29-21(27)24-18-11-7-10-17(14-18)20(26)28-15-19(25)23-13-12-16-8-5-4-6-9-16/h4-11,14H,12-13,15H2,1-3H3,(H,23,25)(H,24,27). The van der Waals surface area contributed by atoms with Crippen LogP contribution in [0.3, 0.4) is 0 Å². The van der Waals surface area contributed by atoms with Crippen LogP contribution in [-0.2, 0) is 20.7 Å². The number of benzene rings is 2. The van der Waals surface area contributed by atoms with Crippen LogP contribution in [0.4, 0.5) is 10.5 Å². The summed E-state index contributed by atoms with van der Waals surface area (Å²) >= 11 is 0. The fourth-order valence-corrected chi connectivity index (χ4v) is 2.40. The van der Waals surface area contributed by atoms with Gasteiger partial charge in [0.15, 0.2) is 6.61 Å². The lowest BCUT2D eigenvalue weighted by atomic mass is 10.1. The van der Waals surface area contributed by atoms with Crippen molar-refractivity contribution in [1.29, 1.82) is 0 Å². The van der Waals surface area contributed by atoms with E-state index in [1.54, 1.807) is 32.9 Å². The number of nitrogens with one attached hydrogen (secondary N) is 2. The molecule has 0 saturated carbocycles. The second kappa shape index (κ2) is 10.3. The quantitative estimate of drug-likeness (QED) is 0.696. The molecule has 154 valence electrons. The highest BCUT2D eigenvalue weighted by Crippen LogP contribution is 2.14. The lowest BCUT2D eigenvalue weighted by Gasteiger charge is -2.19. The Labute approximate surface area is 170 Å². The SMILES string of the molecule is CC(C)(C)OC(=O)Nc1cccc(C(=O)OCC(=O)NCCc2ccccc2)c1. The first-order valence-corrected chi connectivity index (χ1v) is 9.31. The molecule has 2 aromatic carbocycles. The Balaban J connectivity index is 1.78. The number of amides is 2. The van der Waals surface area contributed by atoms with E-state index in [-0.39, 0.29) is 18.1 Å². The predicted molar refractivity (Wildman–Crippen MR) is 110 cm³/mol. The van der Waals surface area contributed by atoms with Gasteiger partial charge in [-0.1, -0.05) is 36.4 Å². The Morgan fingerprint density at radius 1 is 0.966 bits per heavy atom. The zero-order valence-electron chi connectivity index (χ0n) is 16.9. The fourth-order valence-electron chi connectivity index (χ4n) is 2.40. The molecule has 0 saturated heterocycles. The normalized spacial score (nSPS) is 10.7. The summed E-state index contributed by atoms with van der Waals surface area (Å²) in [5.74, 6) is -1.03. The van der Waals surface area contributed by atoms with Crippen LogP contribution in [0, 0.1) is 0 Å². The van der Waals surface area contributed by atoms with Crippen LogP contribution in [0.1, 0.15) is 36.7 Å². The van der Waals surface area contributed by atoms with Gasteiger partial charge in [0, 0.05) is 12.2 Å². The molecule has 0 radical (unpaired) electrons. The van der Waals surface area contributed by atoms with Gasteiger partial charge in [0.25, 0.3) is 5.91 Å². The number of carbonyl (C=O) groups is 3. The molecule has 0 aliphatic rings. The molecule has 0 spiro atoms. The molecule has 29 heavy (non-hydrogen) atoms. The molecule has 0 bridgehead atoms. The minimum atomic E-state index is -0.656. The van der Waals surface area contributed by atoms with Crippen molar-refractivity contribution in [3.8, 4) is 0 Å². The van der Waals surface area contributed by atoms with Crippen molar-refractivity contribution in [2.45, 2.75) is 32.8 Å². The molecule has 0 aliphatic heterocycles. The van der Waals surface area contributed by atoms with E-state index in [0.717, 1.165) is 5.56 Å². The molecule has 0 heterocycles. The fraction of sp³-hybridized carbons (Fsp3) is 0.318. The highest BCUT2D eigenvalue weighted by molar-refractivity contribution is 5.93. The van der Waals surface area contributed by atoms with E-state index >= 15 is 0 Å². The van der Waals surface area contributed by atoms with Crippen molar-refractivity contribution in [2.75, 3.05) is 18.5 Å². The number of esters is 1. The third-order valence-corrected chi connectivity index (χ3v) is 3.66. The summed E-state index contributed by atoms with van der Waals surface area (Å²) in [5.41, 5.74) is 1.09. The van der Waals surface area contributed by atoms with E-state index in [4.69, 9.17) is 9.47 Å². The summed E-state index contributed by atoms with van der Waals surface area (Å²) in [6.45, 7) is 5.34. The Morgan fingerprint density at radius 2 is 1.69 bits per heavy atom. The van der Waals surface area contributed by atoms with Crippen LogP contribution < -0.4 is 10.6 Å². The highest BCUT2D eigenvalue weighted by Gasteiger charge is 2.17. The number of ether oxygens (including phenoxy) is 2. The van der Waals surface area contributed by atoms with Crippen LogP contribution in [-0.4, -0.2) is 36.7 Å². The summed E-state index contributed by atoms with van der Waals surface area (Å²) < 4.78 is 10.2. The van der Waals surface area contributed by atoms with Crippen LogP contribution in [0.5, 0.6) is 0 Å². The van der Waals surface area contributed by atoms with Crippen LogP contribution >= 0.6 is 0 Å². The average Bonchev–Trinajstić information content (AvgIpc) is 2.65. The van der Waals surface area contributed by atoms with Gasteiger partial charge in [-0.05, 0) is 51.0 Å². The molecule has 2 amide bonds. The van der Waals surface area contributed by atoms with Crippen LogP contribution in [0.2, 0.25) is 0 Å². The minimum absolute atomic E-state index is 0.218. The van der Waals surface area contributed by atoms with Gasteiger partial charge < -0.3 is 14.8 Å². The maximum atomic E-state index is 12.2. The second-order valence-corrected chi connectivity index (χ2v) is 7.37. The van der Waals surface area contributed by atoms with Crippen molar-refractivity contribution in [3.05, 3.63) is 65.7 Å². The minimum Gasteiger partial charge on any atom is -0.452 e. The first-order chi connectivity index (χ1) is 13.7. The van der Waals surface area contributed by atoms with Gasteiger partial charge in [0.05, 0.1) is 5.56 Å². The van der Waals surface area contributed by atoms with Gasteiger partial charge in [0.2, 0.25) is 0 Å². The maximum Gasteiger partial charge on any atom is 0.412 e. The van der Waals surface area contributed by atoms with Crippen LogP contribution in [0.15, 0.2) is 54.6 Å². The Hall–Kier alpha value is -3.35. The van der Waals surface area contributed by atoms with Crippen molar-refractivity contribution < 1.29 is 23.9 Å². The van der Waals surface area contributed by atoms with E-state index in [1.165, 1.54) is 12.1 Å². The van der Waals surface area contributed by atoms with Gasteiger partial charge in [-0.15, -0.1) is 0 Å². The molecule has 7 nitrogen and oxygen atoms in total. The molecule has 7 heteroatoms. The van der Waals surface area contributed by atoms with Gasteiger partial charge in [0.1, 0.15) is 5.60 Å². The molecule has 2 aromatic rings. The summed E-state index contributed by atoms with van der Waals surface area (Å²) in [6.07, 6.45) is 0.0691. The zero-order chi connectivity index (χ0) is 21.3. The number of carbonyl (C=O) groups excluding carboxylic acids is 3. The van der Waals surface area contributed by atoms with E-state index in [0.29, 0.717) is 18.7 Å². The van der Waals surface area contributed by atoms with E-state index < -0.39 is 17.7 Å². The number of anilines is 1. The lowest BCUT2D eigenvalue weighted by molar-refractivity contribution is -0.124. The molecule has 0 aliphatic carbocycles. The molecule has 0 atom stereocenters. The number of rotatable bonds is 7. The topological polar surface area (TPSA) is 93.7 Å². The molecule has 0 fully saturated rings. The third kappa shape index (κ3) is 8.47. The van der Waals surface area contributed by atoms with Gasteiger partial charge >= 0.3 is 12.1 Å². The molecule has 2 rings (SSSR count). The lowest BCUT2D eigenvalue weighted by Crippen LogP contribution is -2.30. The Kier molecular flexibility index (Phi) is 7.77. The summed E-state index contributed by atoms with van der Waals surface area (Å²) in [4.78, 5) is 35.8. The van der Waals surface area contributed by atoms with E-state index in [2.05, 4.69) is 10.6 Å². The van der Waals surface area contributed by atoms with Crippen LogP contribution in [0.25, 0.3) is 0 Å². The Bertz CT molecular complexity index is 844. The predicted octanol–water partition coefficient (Wildman–Crippen LogP) is 3.55. The van der Waals surface area contributed by atoms with Crippen molar-refractivity contribution in [2.24, 2.45) is 0 Å². The van der Waals surface area contributed by atoms with Crippen molar-refractivity contribution in [3.63, 3.8) is 0 Å². The average molecular weight is 398 g/mol. The Morgan fingerprint density at radius 3 is 2.38 bits per heavy atom. The van der Waals surface area contributed by atoms with Gasteiger partial charge in [-0.3, -0.25) is 10.1 Å². The molecular weight excluding hydrogens is 372 g/mol. The maximum absolute atomic E-state index is 12.2. The zero-order valence-corrected chi connectivity index (χ0v) is 16.9. The number of hydrogen-bond acceptors (Lipinski definition) is 5. The van der Waals surface area contributed by atoms with Gasteiger partial charge in [-0.25, -0.2) is 9.59 Å². The molecule has 2 N–H and O–H groups in total.